The van der Waals surface area contributed by atoms with Crippen molar-refractivity contribution in [3.63, 3.8) is 0 Å². The maximum absolute atomic E-state index is 13.8. The molecular formula is C18H27FIN5O2. The van der Waals surface area contributed by atoms with Gasteiger partial charge in [0, 0.05) is 25.2 Å². The molecule has 9 heteroatoms. The van der Waals surface area contributed by atoms with Gasteiger partial charge in [0.25, 0.3) is 0 Å². The van der Waals surface area contributed by atoms with Crippen LogP contribution < -0.4 is 16.0 Å². The Kier molecular flexibility index (Phi) is 11.4. The average Bonchev–Trinajstić information content (AvgIpc) is 2.56. The standard InChI is InChI=1S/C18H26FN5O2.HI/c1-5-21-16(22-8-9-23-17(25)26-18(2,3)4)24-12-14-10-13(11-20)6-7-15(14)19;/h6-7,10H,5,8-9,12H2,1-4H3,(H,23,25)(H2,21,22,24);1H. The number of halogens is 2. The summed E-state index contributed by atoms with van der Waals surface area (Å²) in [7, 11) is 0. The largest absolute Gasteiger partial charge is 0.444 e. The second kappa shape index (κ2) is 12.3. The number of nitrogens with one attached hydrogen (secondary N) is 3. The smallest absolute Gasteiger partial charge is 0.407 e. The fourth-order valence-corrected chi connectivity index (χ4v) is 1.93. The fourth-order valence-electron chi connectivity index (χ4n) is 1.93. The van der Waals surface area contributed by atoms with Crippen molar-refractivity contribution >= 4 is 36.0 Å². The summed E-state index contributed by atoms with van der Waals surface area (Å²) in [4.78, 5) is 15.9. The van der Waals surface area contributed by atoms with E-state index in [-0.39, 0.29) is 30.5 Å². The van der Waals surface area contributed by atoms with Crippen LogP contribution in [0.3, 0.4) is 0 Å². The zero-order chi connectivity index (χ0) is 19.6. The van der Waals surface area contributed by atoms with Crippen molar-refractivity contribution in [2.45, 2.75) is 39.8 Å². The Morgan fingerprint density at radius 3 is 2.52 bits per heavy atom. The van der Waals surface area contributed by atoms with Crippen molar-refractivity contribution in [3.05, 3.63) is 35.1 Å². The number of hydrogen-bond acceptors (Lipinski definition) is 4. The summed E-state index contributed by atoms with van der Waals surface area (Å²) in [6.45, 7) is 8.78. The molecular weight excluding hydrogens is 464 g/mol. The number of rotatable bonds is 6. The lowest BCUT2D eigenvalue weighted by Gasteiger charge is -2.19. The molecule has 1 rings (SSSR count). The molecule has 0 saturated carbocycles. The minimum atomic E-state index is -0.546. The van der Waals surface area contributed by atoms with E-state index in [0.29, 0.717) is 36.7 Å². The number of benzene rings is 1. The van der Waals surface area contributed by atoms with Gasteiger partial charge in [-0.3, -0.25) is 0 Å². The van der Waals surface area contributed by atoms with Crippen LogP contribution >= 0.6 is 24.0 Å². The summed E-state index contributed by atoms with van der Waals surface area (Å²) in [6.07, 6.45) is -0.489. The number of amides is 1. The van der Waals surface area contributed by atoms with E-state index in [0.717, 1.165) is 0 Å². The van der Waals surface area contributed by atoms with Gasteiger partial charge in [0.2, 0.25) is 0 Å². The number of carbonyl (C=O) groups excluding carboxylic acids is 1. The monoisotopic (exact) mass is 491 g/mol. The number of carbonyl (C=O) groups is 1. The van der Waals surface area contributed by atoms with E-state index in [1.165, 1.54) is 18.2 Å². The molecule has 0 aromatic heterocycles. The molecule has 0 aliphatic heterocycles. The Hall–Kier alpha value is -2.09. The van der Waals surface area contributed by atoms with Crippen LogP contribution in [-0.2, 0) is 11.3 Å². The molecule has 0 aliphatic rings. The number of nitriles is 1. The van der Waals surface area contributed by atoms with Gasteiger partial charge in [-0.15, -0.1) is 24.0 Å². The molecule has 0 heterocycles. The van der Waals surface area contributed by atoms with E-state index in [1.54, 1.807) is 20.8 Å². The van der Waals surface area contributed by atoms with Crippen LogP contribution in [0.1, 0.15) is 38.8 Å². The number of alkyl carbamates (subject to hydrolysis) is 1. The third-order valence-electron chi connectivity index (χ3n) is 3.01. The first kappa shape index (κ1) is 24.9. The molecule has 0 spiro atoms. The Labute approximate surface area is 176 Å². The highest BCUT2D eigenvalue weighted by molar-refractivity contribution is 14.0. The highest BCUT2D eigenvalue weighted by atomic mass is 127. The predicted octanol–water partition coefficient (Wildman–Crippen LogP) is 2.90. The van der Waals surface area contributed by atoms with Crippen molar-refractivity contribution in [1.82, 2.24) is 16.0 Å². The molecule has 0 aliphatic carbocycles. The van der Waals surface area contributed by atoms with E-state index >= 15 is 0 Å². The van der Waals surface area contributed by atoms with E-state index < -0.39 is 17.5 Å². The molecule has 150 valence electrons. The van der Waals surface area contributed by atoms with Crippen LogP contribution in [0.5, 0.6) is 0 Å². The summed E-state index contributed by atoms with van der Waals surface area (Å²) in [6, 6.07) is 6.14. The first-order valence-electron chi connectivity index (χ1n) is 8.42. The summed E-state index contributed by atoms with van der Waals surface area (Å²) >= 11 is 0. The van der Waals surface area contributed by atoms with Gasteiger partial charge in [-0.1, -0.05) is 0 Å². The molecule has 1 aromatic rings. The summed E-state index contributed by atoms with van der Waals surface area (Å²) in [5, 5.41) is 17.6. The van der Waals surface area contributed by atoms with Crippen LogP contribution in [0.25, 0.3) is 0 Å². The number of hydrogen-bond donors (Lipinski definition) is 3. The van der Waals surface area contributed by atoms with Crippen molar-refractivity contribution in [2.75, 3.05) is 19.6 Å². The molecule has 0 atom stereocenters. The molecule has 0 saturated heterocycles. The highest BCUT2D eigenvalue weighted by Gasteiger charge is 2.15. The fraction of sp³-hybridized carbons (Fsp3) is 0.500. The second-order valence-electron chi connectivity index (χ2n) is 6.47. The predicted molar refractivity (Wildman–Crippen MR) is 114 cm³/mol. The zero-order valence-corrected chi connectivity index (χ0v) is 18.4. The minimum Gasteiger partial charge on any atom is -0.444 e. The van der Waals surface area contributed by atoms with Crippen LogP contribution in [0.2, 0.25) is 0 Å². The number of guanidine groups is 1. The van der Waals surface area contributed by atoms with Crippen molar-refractivity contribution in [3.8, 4) is 6.07 Å². The topological polar surface area (TPSA) is 98.5 Å². The summed E-state index contributed by atoms with van der Waals surface area (Å²) in [5.41, 5.74) is 0.180. The van der Waals surface area contributed by atoms with Gasteiger partial charge < -0.3 is 20.7 Å². The Morgan fingerprint density at radius 2 is 1.93 bits per heavy atom. The summed E-state index contributed by atoms with van der Waals surface area (Å²) in [5.74, 6) is 0.0791. The first-order valence-corrected chi connectivity index (χ1v) is 8.42. The van der Waals surface area contributed by atoms with Gasteiger partial charge in [0.05, 0.1) is 18.2 Å². The van der Waals surface area contributed by atoms with E-state index in [2.05, 4.69) is 20.9 Å². The van der Waals surface area contributed by atoms with Crippen LogP contribution in [-0.4, -0.2) is 37.3 Å². The van der Waals surface area contributed by atoms with E-state index in [9.17, 15) is 9.18 Å². The minimum absolute atomic E-state index is 0. The molecule has 7 nitrogen and oxygen atoms in total. The molecule has 1 aromatic carbocycles. The number of aliphatic imine (C=N–C) groups is 1. The van der Waals surface area contributed by atoms with E-state index in [4.69, 9.17) is 10.00 Å². The van der Waals surface area contributed by atoms with Gasteiger partial charge in [-0.25, -0.2) is 14.2 Å². The summed E-state index contributed by atoms with van der Waals surface area (Å²) < 4.78 is 18.9. The lowest BCUT2D eigenvalue weighted by Crippen LogP contribution is -2.42. The van der Waals surface area contributed by atoms with Crippen molar-refractivity contribution < 1.29 is 13.9 Å². The van der Waals surface area contributed by atoms with E-state index in [1.807, 2.05) is 13.0 Å². The lowest BCUT2D eigenvalue weighted by molar-refractivity contribution is 0.0529. The number of ether oxygens (including phenoxy) is 1. The average molecular weight is 491 g/mol. The van der Waals surface area contributed by atoms with Gasteiger partial charge >= 0.3 is 6.09 Å². The number of nitrogens with zero attached hydrogens (tertiary/aromatic N) is 2. The molecule has 1 amide bonds. The lowest BCUT2D eigenvalue weighted by atomic mass is 10.1. The third kappa shape index (κ3) is 10.6. The molecule has 3 N–H and O–H groups in total. The molecule has 0 bridgehead atoms. The zero-order valence-electron chi connectivity index (χ0n) is 16.1. The van der Waals surface area contributed by atoms with Gasteiger partial charge in [0.15, 0.2) is 5.96 Å². The van der Waals surface area contributed by atoms with Gasteiger partial charge in [-0.05, 0) is 45.9 Å². The highest BCUT2D eigenvalue weighted by Crippen LogP contribution is 2.11. The SMILES string of the molecule is CCNC(=NCc1cc(C#N)ccc1F)NCCNC(=O)OC(C)(C)C.I. The normalized spacial score (nSPS) is 11.0. The maximum Gasteiger partial charge on any atom is 0.407 e. The molecule has 0 fully saturated rings. The van der Waals surface area contributed by atoms with Crippen LogP contribution in [0.15, 0.2) is 23.2 Å². The van der Waals surface area contributed by atoms with Crippen molar-refractivity contribution in [1.29, 1.82) is 5.26 Å². The Bertz CT molecular complexity index is 683. The molecule has 0 radical (unpaired) electrons. The first-order chi connectivity index (χ1) is 12.2. The molecule has 0 unspecified atom stereocenters. The van der Waals surface area contributed by atoms with Crippen LogP contribution in [0, 0.1) is 17.1 Å². The second-order valence-corrected chi connectivity index (χ2v) is 6.47. The third-order valence-corrected chi connectivity index (χ3v) is 3.01. The van der Waals surface area contributed by atoms with Gasteiger partial charge in [0.1, 0.15) is 11.4 Å². The Morgan fingerprint density at radius 1 is 1.26 bits per heavy atom. The maximum atomic E-state index is 13.8. The Balaban J connectivity index is 0.00000676. The van der Waals surface area contributed by atoms with Gasteiger partial charge in [-0.2, -0.15) is 5.26 Å². The molecule has 27 heavy (non-hydrogen) atoms. The van der Waals surface area contributed by atoms with Crippen molar-refractivity contribution in [2.24, 2.45) is 4.99 Å². The quantitative estimate of drug-likeness (QED) is 0.246. The van der Waals surface area contributed by atoms with Crippen LogP contribution in [0.4, 0.5) is 9.18 Å².